The molecule has 0 spiro atoms. The van der Waals surface area contributed by atoms with Crippen molar-refractivity contribution in [2.24, 2.45) is 0 Å². The van der Waals surface area contributed by atoms with E-state index in [-0.39, 0.29) is 31.8 Å². The number of hydrogen-bond acceptors (Lipinski definition) is 5. The number of methoxy groups -OCH3 is 1. The third-order valence-corrected chi connectivity index (χ3v) is 2.90. The van der Waals surface area contributed by atoms with Gasteiger partial charge in [-0.25, -0.2) is 4.79 Å². The minimum absolute atomic E-state index is 0.00802. The molecule has 2 amide bonds. The first kappa shape index (κ1) is 20.4. The summed E-state index contributed by atoms with van der Waals surface area (Å²) in [5, 5.41) is 9.08. The van der Waals surface area contributed by atoms with E-state index in [0.29, 0.717) is 32.3 Å². The van der Waals surface area contributed by atoms with Crippen molar-refractivity contribution in [1.82, 2.24) is 9.80 Å². The molecular formula is C15H28N2O5. The Morgan fingerprint density at radius 1 is 1.27 bits per heavy atom. The first-order valence-electron chi connectivity index (χ1n) is 7.47. The Morgan fingerprint density at radius 2 is 2.00 bits per heavy atom. The lowest BCUT2D eigenvalue weighted by molar-refractivity contribution is -0.108. The van der Waals surface area contributed by atoms with Crippen LogP contribution in [-0.4, -0.2) is 67.5 Å². The normalized spacial score (nSPS) is 10.3. The number of urea groups is 1. The second kappa shape index (κ2) is 13.1. The van der Waals surface area contributed by atoms with E-state index in [1.54, 1.807) is 0 Å². The SMILES string of the molecule is C=C(O)CCCN(CC=O)C(=O)N(COC)COCCCC. The Balaban J connectivity index is 4.50. The van der Waals surface area contributed by atoms with Gasteiger partial charge < -0.3 is 24.3 Å². The maximum Gasteiger partial charge on any atom is 0.324 e. The zero-order valence-corrected chi connectivity index (χ0v) is 13.6. The fourth-order valence-electron chi connectivity index (χ4n) is 1.75. The number of amides is 2. The van der Waals surface area contributed by atoms with Gasteiger partial charge >= 0.3 is 6.03 Å². The highest BCUT2D eigenvalue weighted by atomic mass is 16.5. The molecule has 0 fully saturated rings. The topological polar surface area (TPSA) is 79.3 Å². The van der Waals surface area contributed by atoms with Crippen molar-refractivity contribution < 1.29 is 24.2 Å². The molecule has 0 saturated carbocycles. The number of rotatable bonds is 13. The summed E-state index contributed by atoms with van der Waals surface area (Å²) >= 11 is 0. The van der Waals surface area contributed by atoms with Gasteiger partial charge in [0.25, 0.3) is 0 Å². The van der Waals surface area contributed by atoms with Crippen LogP contribution in [0, 0.1) is 0 Å². The molecule has 0 aliphatic rings. The van der Waals surface area contributed by atoms with E-state index in [1.165, 1.54) is 16.9 Å². The van der Waals surface area contributed by atoms with E-state index in [4.69, 9.17) is 14.6 Å². The Kier molecular flexibility index (Phi) is 12.1. The van der Waals surface area contributed by atoms with Crippen molar-refractivity contribution in [3.05, 3.63) is 12.3 Å². The third-order valence-electron chi connectivity index (χ3n) is 2.90. The molecule has 0 aliphatic heterocycles. The Morgan fingerprint density at radius 3 is 2.55 bits per heavy atom. The van der Waals surface area contributed by atoms with Gasteiger partial charge in [-0.15, -0.1) is 0 Å². The van der Waals surface area contributed by atoms with Crippen LogP contribution in [0.3, 0.4) is 0 Å². The van der Waals surface area contributed by atoms with Gasteiger partial charge in [0, 0.05) is 26.7 Å². The molecule has 7 nitrogen and oxygen atoms in total. The highest BCUT2D eigenvalue weighted by molar-refractivity contribution is 5.76. The second-order valence-corrected chi connectivity index (χ2v) is 4.91. The van der Waals surface area contributed by atoms with E-state index in [2.05, 4.69) is 13.5 Å². The lowest BCUT2D eigenvalue weighted by atomic mass is 10.2. The molecule has 22 heavy (non-hydrogen) atoms. The van der Waals surface area contributed by atoms with Crippen LogP contribution in [0.2, 0.25) is 0 Å². The minimum atomic E-state index is -0.325. The van der Waals surface area contributed by atoms with Crippen LogP contribution in [0.5, 0.6) is 0 Å². The Hall–Kier alpha value is -1.60. The number of aldehydes is 1. The highest BCUT2D eigenvalue weighted by Crippen LogP contribution is 2.05. The lowest BCUT2D eigenvalue weighted by Crippen LogP contribution is -2.46. The summed E-state index contributed by atoms with van der Waals surface area (Å²) in [7, 11) is 1.49. The van der Waals surface area contributed by atoms with Gasteiger partial charge in [-0.1, -0.05) is 19.9 Å². The fourth-order valence-corrected chi connectivity index (χ4v) is 1.75. The van der Waals surface area contributed by atoms with Crippen LogP contribution in [0.15, 0.2) is 12.3 Å². The molecule has 128 valence electrons. The highest BCUT2D eigenvalue weighted by Gasteiger charge is 2.20. The summed E-state index contributed by atoms with van der Waals surface area (Å²) < 4.78 is 10.4. The van der Waals surface area contributed by atoms with Crippen molar-refractivity contribution in [3.63, 3.8) is 0 Å². The molecule has 0 unspecified atom stereocenters. The number of hydrogen-bond donors (Lipinski definition) is 1. The van der Waals surface area contributed by atoms with Crippen molar-refractivity contribution >= 4 is 12.3 Å². The van der Waals surface area contributed by atoms with Crippen LogP contribution >= 0.6 is 0 Å². The van der Waals surface area contributed by atoms with E-state index < -0.39 is 0 Å². The van der Waals surface area contributed by atoms with Crippen molar-refractivity contribution in [2.75, 3.05) is 40.3 Å². The van der Waals surface area contributed by atoms with Gasteiger partial charge in [-0.05, 0) is 12.8 Å². The van der Waals surface area contributed by atoms with E-state index >= 15 is 0 Å². The van der Waals surface area contributed by atoms with Crippen LogP contribution < -0.4 is 0 Å². The fraction of sp³-hybridized carbons (Fsp3) is 0.733. The average molecular weight is 316 g/mol. The maximum atomic E-state index is 12.4. The summed E-state index contributed by atoms with van der Waals surface area (Å²) in [5.41, 5.74) is 0. The summed E-state index contributed by atoms with van der Waals surface area (Å²) in [6.07, 6.45) is 3.53. The molecular weight excluding hydrogens is 288 g/mol. The molecule has 0 aromatic carbocycles. The minimum Gasteiger partial charge on any atom is -0.513 e. The third kappa shape index (κ3) is 9.36. The smallest absolute Gasteiger partial charge is 0.324 e. The number of aliphatic hydroxyl groups excluding tert-OH is 1. The average Bonchev–Trinajstić information content (AvgIpc) is 2.48. The van der Waals surface area contributed by atoms with Gasteiger partial charge in [0.2, 0.25) is 0 Å². The molecule has 0 bridgehead atoms. The predicted octanol–water partition coefficient (Wildman–Crippen LogP) is 2.14. The standard InChI is InChI=1S/C15H28N2O5/c1-4-5-11-22-13-17(12-21-3)15(20)16(9-10-18)8-6-7-14(2)19/h10,19H,2,4-9,11-13H2,1,3H3. The van der Waals surface area contributed by atoms with Crippen LogP contribution in [0.1, 0.15) is 32.6 Å². The van der Waals surface area contributed by atoms with Crippen LogP contribution in [0.25, 0.3) is 0 Å². The van der Waals surface area contributed by atoms with Crippen LogP contribution in [-0.2, 0) is 14.3 Å². The number of allylic oxidation sites excluding steroid dienone is 1. The molecule has 0 aromatic heterocycles. The quantitative estimate of drug-likeness (QED) is 0.244. The molecule has 0 atom stereocenters. The molecule has 0 saturated heterocycles. The largest absolute Gasteiger partial charge is 0.513 e. The zero-order chi connectivity index (χ0) is 16.8. The van der Waals surface area contributed by atoms with Gasteiger partial charge in [-0.2, -0.15) is 0 Å². The van der Waals surface area contributed by atoms with E-state index in [9.17, 15) is 9.59 Å². The number of carbonyl (C=O) groups excluding carboxylic acids is 2. The summed E-state index contributed by atoms with van der Waals surface area (Å²) in [6, 6.07) is -0.325. The first-order valence-corrected chi connectivity index (χ1v) is 7.47. The summed E-state index contributed by atoms with van der Waals surface area (Å²) in [4.78, 5) is 26.0. The van der Waals surface area contributed by atoms with E-state index in [0.717, 1.165) is 12.8 Å². The van der Waals surface area contributed by atoms with Crippen molar-refractivity contribution in [1.29, 1.82) is 0 Å². The van der Waals surface area contributed by atoms with Gasteiger partial charge in [0.15, 0.2) is 0 Å². The molecule has 1 N–H and O–H groups in total. The summed E-state index contributed by atoms with van der Waals surface area (Å²) in [5.74, 6) is 0.0650. The molecule has 0 aliphatic carbocycles. The monoisotopic (exact) mass is 316 g/mol. The first-order chi connectivity index (χ1) is 10.6. The molecule has 0 heterocycles. The second-order valence-electron chi connectivity index (χ2n) is 4.91. The van der Waals surface area contributed by atoms with Gasteiger partial charge in [0.1, 0.15) is 19.7 Å². The van der Waals surface area contributed by atoms with Crippen molar-refractivity contribution in [3.8, 4) is 0 Å². The Labute approximate surface area is 132 Å². The molecule has 0 radical (unpaired) electrons. The maximum absolute atomic E-state index is 12.4. The predicted molar refractivity (Wildman–Crippen MR) is 83.5 cm³/mol. The molecule has 0 rings (SSSR count). The zero-order valence-electron chi connectivity index (χ0n) is 13.6. The number of carbonyl (C=O) groups is 2. The number of ether oxygens (including phenoxy) is 2. The van der Waals surface area contributed by atoms with E-state index in [1.807, 2.05) is 0 Å². The van der Waals surface area contributed by atoms with Crippen LogP contribution in [0.4, 0.5) is 4.79 Å². The summed E-state index contributed by atoms with van der Waals surface area (Å²) in [6.45, 7) is 6.58. The van der Waals surface area contributed by atoms with Crippen molar-refractivity contribution in [2.45, 2.75) is 32.6 Å². The number of unbranched alkanes of at least 4 members (excludes halogenated alkanes) is 1. The lowest BCUT2D eigenvalue weighted by Gasteiger charge is -2.28. The number of aliphatic hydroxyl groups is 1. The Bertz CT molecular complexity index is 336. The van der Waals surface area contributed by atoms with Gasteiger partial charge in [-0.3, -0.25) is 4.90 Å². The number of nitrogens with zero attached hydrogens (tertiary/aromatic N) is 2. The van der Waals surface area contributed by atoms with Gasteiger partial charge in [0.05, 0.1) is 12.3 Å². The molecule has 7 heteroatoms. The molecule has 0 aromatic rings.